The Labute approximate surface area is 80.3 Å². The maximum atomic E-state index is 10.7. The van der Waals surface area contributed by atoms with Crippen LogP contribution in [0.15, 0.2) is 0 Å². The molecule has 13 heavy (non-hydrogen) atoms. The van der Waals surface area contributed by atoms with Crippen LogP contribution in [-0.4, -0.2) is 30.4 Å². The van der Waals surface area contributed by atoms with Crippen molar-refractivity contribution >= 4 is 5.91 Å². The smallest absolute Gasteiger partial charge is 0.231 e. The Bertz CT molecular complexity index is 196. The number of nitrogens with two attached hydrogens (primary N) is 1. The fraction of sp³-hybridized carbons (Fsp3) is 0.900. The molecule has 3 nitrogen and oxygen atoms in total. The molecule has 76 valence electrons. The first-order valence-electron chi connectivity index (χ1n) is 4.90. The fourth-order valence-corrected chi connectivity index (χ4v) is 1.90. The average Bonchev–Trinajstić information content (AvgIpc) is 2.32. The third kappa shape index (κ3) is 2.99. The monoisotopic (exact) mass is 184 g/mol. The zero-order valence-electron chi connectivity index (χ0n) is 8.84. The van der Waals surface area contributed by atoms with Crippen molar-refractivity contribution < 1.29 is 4.79 Å². The second-order valence-corrected chi connectivity index (χ2v) is 5.05. The SMILES string of the molecule is CC(C)(C)[C@@H]1CCN(CC(N)=O)C1. The molecule has 0 radical (unpaired) electrons. The lowest BCUT2D eigenvalue weighted by Gasteiger charge is -2.26. The Balaban J connectivity index is 2.41. The number of nitrogens with zero attached hydrogens (tertiary/aromatic N) is 1. The highest BCUT2D eigenvalue weighted by Gasteiger charge is 2.31. The van der Waals surface area contributed by atoms with E-state index in [-0.39, 0.29) is 5.91 Å². The highest BCUT2D eigenvalue weighted by Crippen LogP contribution is 2.33. The number of carbonyl (C=O) groups is 1. The molecule has 1 atom stereocenters. The quantitative estimate of drug-likeness (QED) is 0.691. The Morgan fingerprint density at radius 1 is 1.54 bits per heavy atom. The summed E-state index contributed by atoms with van der Waals surface area (Å²) in [5, 5.41) is 0. The van der Waals surface area contributed by atoms with Crippen LogP contribution in [0.4, 0.5) is 0 Å². The van der Waals surface area contributed by atoms with Crippen LogP contribution < -0.4 is 5.73 Å². The molecule has 3 heteroatoms. The average molecular weight is 184 g/mol. The predicted molar refractivity (Wildman–Crippen MR) is 53.2 cm³/mol. The van der Waals surface area contributed by atoms with Crippen molar-refractivity contribution in [3.8, 4) is 0 Å². The van der Waals surface area contributed by atoms with E-state index in [4.69, 9.17) is 5.73 Å². The van der Waals surface area contributed by atoms with Crippen LogP contribution in [-0.2, 0) is 4.79 Å². The van der Waals surface area contributed by atoms with E-state index >= 15 is 0 Å². The lowest BCUT2D eigenvalue weighted by Crippen LogP contribution is -2.33. The van der Waals surface area contributed by atoms with Gasteiger partial charge in [-0.15, -0.1) is 0 Å². The van der Waals surface area contributed by atoms with Gasteiger partial charge < -0.3 is 5.73 Å². The van der Waals surface area contributed by atoms with Crippen molar-refractivity contribution in [1.29, 1.82) is 0 Å². The van der Waals surface area contributed by atoms with Crippen LogP contribution in [0.2, 0.25) is 0 Å². The van der Waals surface area contributed by atoms with Gasteiger partial charge in [0, 0.05) is 6.54 Å². The van der Waals surface area contributed by atoms with Gasteiger partial charge in [0.2, 0.25) is 5.91 Å². The van der Waals surface area contributed by atoms with E-state index < -0.39 is 0 Å². The van der Waals surface area contributed by atoms with Gasteiger partial charge in [-0.2, -0.15) is 0 Å². The second-order valence-electron chi connectivity index (χ2n) is 5.05. The Hall–Kier alpha value is -0.570. The van der Waals surface area contributed by atoms with Crippen molar-refractivity contribution in [1.82, 2.24) is 4.90 Å². The molecule has 1 fully saturated rings. The van der Waals surface area contributed by atoms with Gasteiger partial charge in [0.25, 0.3) is 0 Å². The number of amides is 1. The van der Waals surface area contributed by atoms with Crippen LogP contribution in [0, 0.1) is 11.3 Å². The summed E-state index contributed by atoms with van der Waals surface area (Å²) in [6, 6.07) is 0. The summed E-state index contributed by atoms with van der Waals surface area (Å²) in [5.74, 6) is 0.487. The van der Waals surface area contributed by atoms with Crippen LogP contribution in [0.25, 0.3) is 0 Å². The molecule has 1 heterocycles. The molecule has 1 aliphatic rings. The van der Waals surface area contributed by atoms with Gasteiger partial charge in [0.05, 0.1) is 6.54 Å². The molecule has 0 aliphatic carbocycles. The molecular formula is C10H20N2O. The maximum absolute atomic E-state index is 10.7. The minimum atomic E-state index is -0.213. The molecule has 0 saturated carbocycles. The fourth-order valence-electron chi connectivity index (χ4n) is 1.90. The predicted octanol–water partition coefficient (Wildman–Crippen LogP) is 0.840. The summed E-state index contributed by atoms with van der Waals surface area (Å²) in [6.45, 7) is 9.23. The van der Waals surface area contributed by atoms with Gasteiger partial charge in [-0.3, -0.25) is 9.69 Å². The first kappa shape index (κ1) is 10.5. The first-order valence-corrected chi connectivity index (χ1v) is 4.90. The van der Waals surface area contributed by atoms with Gasteiger partial charge in [0.1, 0.15) is 0 Å². The number of hydrogen-bond donors (Lipinski definition) is 1. The Morgan fingerprint density at radius 2 is 2.15 bits per heavy atom. The standard InChI is InChI=1S/C10H20N2O/c1-10(2,3)8-4-5-12(6-8)7-9(11)13/h8H,4-7H2,1-3H3,(H2,11,13)/t8-/m1/s1. The zero-order chi connectivity index (χ0) is 10.1. The van der Waals surface area contributed by atoms with Crippen molar-refractivity contribution in [3.63, 3.8) is 0 Å². The highest BCUT2D eigenvalue weighted by atomic mass is 16.1. The van der Waals surface area contributed by atoms with Gasteiger partial charge in [-0.25, -0.2) is 0 Å². The Morgan fingerprint density at radius 3 is 2.54 bits per heavy atom. The lowest BCUT2D eigenvalue weighted by atomic mass is 9.80. The van der Waals surface area contributed by atoms with E-state index in [9.17, 15) is 4.79 Å². The van der Waals surface area contributed by atoms with Gasteiger partial charge >= 0.3 is 0 Å². The maximum Gasteiger partial charge on any atom is 0.231 e. The van der Waals surface area contributed by atoms with E-state index in [1.165, 1.54) is 6.42 Å². The van der Waals surface area contributed by atoms with Gasteiger partial charge in [-0.05, 0) is 24.3 Å². The summed E-state index contributed by atoms with van der Waals surface area (Å²) in [6.07, 6.45) is 1.19. The number of hydrogen-bond acceptors (Lipinski definition) is 2. The molecular weight excluding hydrogens is 164 g/mol. The molecule has 0 aromatic carbocycles. The van der Waals surface area contributed by atoms with Crippen molar-refractivity contribution in [2.45, 2.75) is 27.2 Å². The lowest BCUT2D eigenvalue weighted by molar-refractivity contribution is -0.119. The number of carbonyl (C=O) groups excluding carboxylic acids is 1. The van der Waals surface area contributed by atoms with Crippen LogP contribution in [0.1, 0.15) is 27.2 Å². The van der Waals surface area contributed by atoms with E-state index in [0.29, 0.717) is 17.9 Å². The van der Waals surface area contributed by atoms with Crippen LogP contribution in [0.5, 0.6) is 0 Å². The van der Waals surface area contributed by atoms with Crippen molar-refractivity contribution in [3.05, 3.63) is 0 Å². The van der Waals surface area contributed by atoms with E-state index in [0.717, 1.165) is 13.1 Å². The summed E-state index contributed by atoms with van der Waals surface area (Å²) in [4.78, 5) is 12.8. The highest BCUT2D eigenvalue weighted by molar-refractivity contribution is 5.75. The van der Waals surface area contributed by atoms with Gasteiger partial charge in [0.15, 0.2) is 0 Å². The summed E-state index contributed by atoms with van der Waals surface area (Å²) >= 11 is 0. The van der Waals surface area contributed by atoms with E-state index in [2.05, 4.69) is 25.7 Å². The second kappa shape index (κ2) is 3.66. The third-order valence-corrected chi connectivity index (χ3v) is 2.88. The number of rotatable bonds is 2. The molecule has 0 bridgehead atoms. The van der Waals surface area contributed by atoms with E-state index in [1.54, 1.807) is 0 Å². The largest absolute Gasteiger partial charge is 0.369 e. The van der Waals surface area contributed by atoms with Crippen LogP contribution in [0.3, 0.4) is 0 Å². The minimum Gasteiger partial charge on any atom is -0.369 e. The molecule has 0 aromatic heterocycles. The molecule has 0 spiro atoms. The number of likely N-dealkylation sites (tertiary alicyclic amines) is 1. The molecule has 0 aromatic rings. The molecule has 1 rings (SSSR count). The molecule has 1 saturated heterocycles. The Kier molecular flexibility index (Phi) is 2.96. The molecule has 1 aliphatic heterocycles. The third-order valence-electron chi connectivity index (χ3n) is 2.88. The minimum absolute atomic E-state index is 0.213. The molecule has 1 amide bonds. The molecule has 0 unspecified atom stereocenters. The first-order chi connectivity index (χ1) is 5.89. The van der Waals surface area contributed by atoms with E-state index in [1.807, 2.05) is 0 Å². The normalized spacial score (nSPS) is 25.0. The van der Waals surface area contributed by atoms with Gasteiger partial charge in [-0.1, -0.05) is 20.8 Å². The molecule has 2 N–H and O–H groups in total. The van der Waals surface area contributed by atoms with Crippen molar-refractivity contribution in [2.75, 3.05) is 19.6 Å². The zero-order valence-corrected chi connectivity index (χ0v) is 8.84. The summed E-state index contributed by atoms with van der Waals surface area (Å²) in [5.41, 5.74) is 5.50. The summed E-state index contributed by atoms with van der Waals surface area (Å²) < 4.78 is 0. The topological polar surface area (TPSA) is 46.3 Å². The van der Waals surface area contributed by atoms with Crippen molar-refractivity contribution in [2.24, 2.45) is 17.1 Å². The summed E-state index contributed by atoms with van der Waals surface area (Å²) in [7, 11) is 0. The number of primary amides is 1. The van der Waals surface area contributed by atoms with Crippen LogP contribution >= 0.6 is 0 Å².